The number of nitrogens with zero attached hydrogens (tertiary/aromatic N) is 2. The first-order valence-corrected chi connectivity index (χ1v) is 9.38. The van der Waals surface area contributed by atoms with Crippen molar-refractivity contribution in [1.82, 2.24) is 4.98 Å². The van der Waals surface area contributed by atoms with E-state index in [-0.39, 0.29) is 5.91 Å². The lowest BCUT2D eigenvalue weighted by atomic mass is 10.0. The molecule has 0 saturated carbocycles. The van der Waals surface area contributed by atoms with Gasteiger partial charge in [-0.1, -0.05) is 35.9 Å². The lowest BCUT2D eigenvalue weighted by molar-refractivity contribution is 0.0985. The molecule has 4 rings (SSSR count). The van der Waals surface area contributed by atoms with E-state index in [0.29, 0.717) is 10.6 Å². The summed E-state index contributed by atoms with van der Waals surface area (Å²) in [6.45, 7) is 2.68. The van der Waals surface area contributed by atoms with Crippen molar-refractivity contribution in [3.05, 3.63) is 82.6 Å². The van der Waals surface area contributed by atoms with Crippen molar-refractivity contribution in [2.24, 2.45) is 0 Å². The van der Waals surface area contributed by atoms with Crippen molar-refractivity contribution in [2.75, 3.05) is 16.8 Å². The van der Waals surface area contributed by atoms with Gasteiger partial charge in [-0.2, -0.15) is 0 Å². The van der Waals surface area contributed by atoms with Crippen LogP contribution in [-0.4, -0.2) is 17.4 Å². The van der Waals surface area contributed by atoms with E-state index in [0.717, 1.165) is 42.0 Å². The fraction of sp³-hybridized carbons (Fsp3) is 0.182. The van der Waals surface area contributed by atoms with E-state index in [9.17, 15) is 4.79 Å². The lowest BCUT2D eigenvalue weighted by Crippen LogP contribution is -2.35. The first-order chi connectivity index (χ1) is 13.1. The summed E-state index contributed by atoms with van der Waals surface area (Å²) in [6, 6.07) is 15.6. The van der Waals surface area contributed by atoms with Crippen LogP contribution >= 0.6 is 11.6 Å². The summed E-state index contributed by atoms with van der Waals surface area (Å²) in [7, 11) is 0. The number of hydrogen-bond acceptors (Lipinski definition) is 3. The molecule has 1 aliphatic heterocycles. The van der Waals surface area contributed by atoms with Crippen LogP contribution in [0, 0.1) is 6.92 Å². The number of aryl methyl sites for hydroxylation is 1. The highest BCUT2D eigenvalue weighted by Crippen LogP contribution is 2.29. The third kappa shape index (κ3) is 3.53. The molecule has 136 valence electrons. The number of nitrogens with one attached hydrogen (secondary N) is 1. The van der Waals surface area contributed by atoms with Crippen molar-refractivity contribution in [2.45, 2.75) is 19.8 Å². The molecule has 3 aromatic rings. The standard InChI is InChI=1S/C22H20ClN3O/c1-15-19(23)8-4-9-20(15)25-18-12-17(13-24-14-18)22(27)26-11-5-7-16-6-2-3-10-21(16)26/h2-4,6,8-10,12-14,25H,5,7,11H2,1H3. The number of aromatic nitrogens is 1. The quantitative estimate of drug-likeness (QED) is 0.666. The fourth-order valence-corrected chi connectivity index (χ4v) is 3.60. The van der Waals surface area contributed by atoms with Crippen LogP contribution in [0.15, 0.2) is 60.9 Å². The number of anilines is 3. The second-order valence-electron chi connectivity index (χ2n) is 6.69. The van der Waals surface area contributed by atoms with Gasteiger partial charge in [0, 0.05) is 29.1 Å². The average Bonchev–Trinajstić information content (AvgIpc) is 2.71. The Labute approximate surface area is 163 Å². The van der Waals surface area contributed by atoms with E-state index in [1.807, 2.05) is 54.3 Å². The monoisotopic (exact) mass is 377 g/mol. The van der Waals surface area contributed by atoms with Gasteiger partial charge in [-0.3, -0.25) is 9.78 Å². The van der Waals surface area contributed by atoms with Gasteiger partial charge < -0.3 is 10.2 Å². The van der Waals surface area contributed by atoms with Crippen molar-refractivity contribution in [3.63, 3.8) is 0 Å². The van der Waals surface area contributed by atoms with Crippen molar-refractivity contribution in [3.8, 4) is 0 Å². The number of carbonyl (C=O) groups is 1. The van der Waals surface area contributed by atoms with Crippen LogP contribution < -0.4 is 10.2 Å². The summed E-state index contributed by atoms with van der Waals surface area (Å²) < 4.78 is 0. The molecule has 1 aliphatic rings. The topological polar surface area (TPSA) is 45.2 Å². The molecule has 0 bridgehead atoms. The fourth-order valence-electron chi connectivity index (χ4n) is 3.42. The molecule has 0 spiro atoms. The van der Waals surface area contributed by atoms with Gasteiger partial charge in [-0.25, -0.2) is 0 Å². The number of benzene rings is 2. The van der Waals surface area contributed by atoms with Gasteiger partial charge in [-0.05, 0) is 55.2 Å². The maximum Gasteiger partial charge on any atom is 0.259 e. The molecule has 0 radical (unpaired) electrons. The van der Waals surface area contributed by atoms with E-state index in [1.54, 1.807) is 12.4 Å². The van der Waals surface area contributed by atoms with Crippen LogP contribution in [0.3, 0.4) is 0 Å². The normalized spacial score (nSPS) is 13.2. The number of fused-ring (bicyclic) bond motifs is 1. The average molecular weight is 378 g/mol. The molecular formula is C22H20ClN3O. The minimum Gasteiger partial charge on any atom is -0.354 e. The minimum atomic E-state index is -0.0267. The largest absolute Gasteiger partial charge is 0.354 e. The number of halogens is 1. The molecule has 0 unspecified atom stereocenters. The number of hydrogen-bond donors (Lipinski definition) is 1. The van der Waals surface area contributed by atoms with Crippen molar-refractivity contribution >= 4 is 34.6 Å². The summed E-state index contributed by atoms with van der Waals surface area (Å²) in [4.78, 5) is 19.2. The van der Waals surface area contributed by atoms with Gasteiger partial charge in [0.25, 0.3) is 5.91 Å². The Morgan fingerprint density at radius 1 is 1.15 bits per heavy atom. The molecule has 0 saturated heterocycles. The third-order valence-corrected chi connectivity index (χ3v) is 5.30. The minimum absolute atomic E-state index is 0.0267. The Hall–Kier alpha value is -2.85. The molecule has 0 fully saturated rings. The van der Waals surface area contributed by atoms with E-state index in [4.69, 9.17) is 11.6 Å². The third-order valence-electron chi connectivity index (χ3n) is 4.89. The van der Waals surface area contributed by atoms with Crippen LogP contribution in [0.4, 0.5) is 17.1 Å². The van der Waals surface area contributed by atoms with Gasteiger partial charge in [0.2, 0.25) is 0 Å². The molecule has 0 aliphatic carbocycles. The maximum absolute atomic E-state index is 13.1. The highest BCUT2D eigenvalue weighted by Gasteiger charge is 2.23. The Bertz CT molecular complexity index is 1000. The summed E-state index contributed by atoms with van der Waals surface area (Å²) in [5.41, 5.74) is 5.40. The molecule has 27 heavy (non-hydrogen) atoms. The lowest BCUT2D eigenvalue weighted by Gasteiger charge is -2.29. The Balaban J connectivity index is 1.61. The first-order valence-electron chi connectivity index (χ1n) is 9.00. The van der Waals surface area contributed by atoms with E-state index < -0.39 is 0 Å². The van der Waals surface area contributed by atoms with Gasteiger partial charge >= 0.3 is 0 Å². The summed E-state index contributed by atoms with van der Waals surface area (Å²) >= 11 is 6.19. The SMILES string of the molecule is Cc1c(Cl)cccc1Nc1cncc(C(=O)N2CCCc3ccccc32)c1. The van der Waals surface area contributed by atoms with E-state index in [2.05, 4.69) is 16.4 Å². The van der Waals surface area contributed by atoms with E-state index >= 15 is 0 Å². The second kappa shape index (κ2) is 7.41. The van der Waals surface area contributed by atoms with Gasteiger partial charge in [0.05, 0.1) is 17.4 Å². The predicted octanol–water partition coefficient (Wildman–Crippen LogP) is 5.38. The van der Waals surface area contributed by atoms with Gasteiger partial charge in [0.1, 0.15) is 0 Å². The second-order valence-corrected chi connectivity index (χ2v) is 7.10. The highest BCUT2D eigenvalue weighted by atomic mass is 35.5. The molecule has 1 N–H and O–H groups in total. The number of para-hydroxylation sites is 1. The number of amides is 1. The summed E-state index contributed by atoms with van der Waals surface area (Å²) in [6.07, 6.45) is 5.31. The molecule has 5 heteroatoms. The molecular weight excluding hydrogens is 358 g/mol. The zero-order valence-electron chi connectivity index (χ0n) is 15.1. The zero-order valence-corrected chi connectivity index (χ0v) is 15.8. The van der Waals surface area contributed by atoms with Crippen LogP contribution in [0.2, 0.25) is 5.02 Å². The molecule has 1 aromatic heterocycles. The van der Waals surface area contributed by atoms with Crippen LogP contribution in [-0.2, 0) is 6.42 Å². The van der Waals surface area contributed by atoms with E-state index in [1.165, 1.54) is 5.56 Å². The predicted molar refractivity (Wildman–Crippen MR) is 110 cm³/mol. The highest BCUT2D eigenvalue weighted by molar-refractivity contribution is 6.31. The van der Waals surface area contributed by atoms with Crippen LogP contribution in [0.25, 0.3) is 0 Å². The maximum atomic E-state index is 13.1. The molecule has 2 aromatic carbocycles. The smallest absolute Gasteiger partial charge is 0.259 e. The number of carbonyl (C=O) groups excluding carboxylic acids is 1. The molecule has 1 amide bonds. The van der Waals surface area contributed by atoms with Gasteiger partial charge in [-0.15, -0.1) is 0 Å². The Morgan fingerprint density at radius 2 is 2.00 bits per heavy atom. The number of rotatable bonds is 3. The molecule has 2 heterocycles. The van der Waals surface area contributed by atoms with Crippen LogP contribution in [0.5, 0.6) is 0 Å². The van der Waals surface area contributed by atoms with Crippen molar-refractivity contribution < 1.29 is 4.79 Å². The van der Waals surface area contributed by atoms with Gasteiger partial charge in [0.15, 0.2) is 0 Å². The number of pyridine rings is 1. The molecule has 0 atom stereocenters. The Kier molecular flexibility index (Phi) is 4.82. The summed E-state index contributed by atoms with van der Waals surface area (Å²) in [5.74, 6) is -0.0267. The summed E-state index contributed by atoms with van der Waals surface area (Å²) in [5, 5.41) is 4.01. The van der Waals surface area contributed by atoms with Crippen LogP contribution in [0.1, 0.15) is 27.9 Å². The van der Waals surface area contributed by atoms with Crippen molar-refractivity contribution in [1.29, 1.82) is 0 Å². The Morgan fingerprint density at radius 3 is 2.89 bits per heavy atom. The zero-order chi connectivity index (χ0) is 18.8. The first kappa shape index (κ1) is 17.6. The molecule has 4 nitrogen and oxygen atoms in total.